The third-order valence-electron chi connectivity index (χ3n) is 2.48. The van der Waals surface area contributed by atoms with Gasteiger partial charge < -0.3 is 15.3 Å². The van der Waals surface area contributed by atoms with Gasteiger partial charge in [0.05, 0.1) is 0 Å². The SMILES string of the molecule is CC(=O)c1c(O)c(C(C)=O)c(O)c(C(C)=O)c1O. The summed E-state index contributed by atoms with van der Waals surface area (Å²) >= 11 is 0. The number of hydrogen-bond acceptors (Lipinski definition) is 6. The molecule has 0 aromatic heterocycles. The van der Waals surface area contributed by atoms with E-state index in [0.29, 0.717) is 0 Å². The molecule has 0 aliphatic heterocycles. The Morgan fingerprint density at radius 1 is 0.611 bits per heavy atom. The Morgan fingerprint density at radius 2 is 0.778 bits per heavy atom. The molecule has 6 nitrogen and oxygen atoms in total. The zero-order valence-corrected chi connectivity index (χ0v) is 10.1. The smallest absolute Gasteiger partial charge is 0.167 e. The third-order valence-corrected chi connectivity index (χ3v) is 2.48. The van der Waals surface area contributed by atoms with Crippen LogP contribution in [0.25, 0.3) is 0 Å². The molecule has 6 heteroatoms. The molecule has 3 N–H and O–H groups in total. The van der Waals surface area contributed by atoms with Gasteiger partial charge in [-0.25, -0.2) is 0 Å². The number of ketones is 3. The third kappa shape index (κ3) is 1.92. The molecule has 0 spiro atoms. The van der Waals surface area contributed by atoms with Crippen LogP contribution >= 0.6 is 0 Å². The van der Waals surface area contributed by atoms with Gasteiger partial charge in [0.2, 0.25) is 0 Å². The quantitative estimate of drug-likeness (QED) is 0.701. The first kappa shape index (κ1) is 13.7. The standard InChI is InChI=1S/C12H12O6/c1-4(13)7-10(16)8(5(2)14)12(18)9(6(3)15)11(7)17/h16-18H,1-3H3. The van der Waals surface area contributed by atoms with Gasteiger partial charge in [0.1, 0.15) is 33.9 Å². The monoisotopic (exact) mass is 252 g/mol. The number of aromatic hydroxyl groups is 3. The van der Waals surface area contributed by atoms with E-state index in [1.165, 1.54) is 0 Å². The van der Waals surface area contributed by atoms with Crippen LogP contribution in [0.15, 0.2) is 0 Å². The second kappa shape index (κ2) is 4.48. The van der Waals surface area contributed by atoms with Crippen LogP contribution in [0, 0.1) is 0 Å². The van der Waals surface area contributed by atoms with Crippen molar-refractivity contribution in [1.82, 2.24) is 0 Å². The van der Waals surface area contributed by atoms with Crippen molar-refractivity contribution in [3.63, 3.8) is 0 Å². The minimum atomic E-state index is -0.824. The van der Waals surface area contributed by atoms with Gasteiger partial charge in [0.25, 0.3) is 0 Å². The molecule has 0 unspecified atom stereocenters. The average Bonchev–Trinajstić information content (AvgIpc) is 2.14. The van der Waals surface area contributed by atoms with E-state index in [4.69, 9.17) is 0 Å². The number of benzene rings is 1. The Labute approximate surface area is 102 Å². The lowest BCUT2D eigenvalue weighted by Crippen LogP contribution is -2.07. The van der Waals surface area contributed by atoms with Crippen molar-refractivity contribution in [2.24, 2.45) is 0 Å². The molecule has 0 aliphatic rings. The second-order valence-electron chi connectivity index (χ2n) is 3.84. The van der Waals surface area contributed by atoms with Crippen molar-refractivity contribution in [2.45, 2.75) is 20.8 Å². The van der Waals surface area contributed by atoms with Crippen molar-refractivity contribution in [3.8, 4) is 17.2 Å². The molecule has 0 bridgehead atoms. The van der Waals surface area contributed by atoms with E-state index in [1.54, 1.807) is 0 Å². The van der Waals surface area contributed by atoms with Crippen molar-refractivity contribution in [3.05, 3.63) is 16.7 Å². The highest BCUT2D eigenvalue weighted by Gasteiger charge is 2.29. The first-order valence-electron chi connectivity index (χ1n) is 5.03. The maximum atomic E-state index is 11.3. The van der Waals surface area contributed by atoms with E-state index in [2.05, 4.69) is 0 Å². The average molecular weight is 252 g/mol. The lowest BCUT2D eigenvalue weighted by Gasteiger charge is -2.13. The van der Waals surface area contributed by atoms with Gasteiger partial charge in [-0.05, 0) is 20.8 Å². The summed E-state index contributed by atoms with van der Waals surface area (Å²) in [6.07, 6.45) is 0. The van der Waals surface area contributed by atoms with Crippen molar-refractivity contribution in [1.29, 1.82) is 0 Å². The van der Waals surface area contributed by atoms with Gasteiger partial charge in [-0.2, -0.15) is 0 Å². The number of rotatable bonds is 3. The zero-order chi connectivity index (χ0) is 14.2. The van der Waals surface area contributed by atoms with Crippen molar-refractivity contribution in [2.75, 3.05) is 0 Å². The molecule has 1 rings (SSSR count). The van der Waals surface area contributed by atoms with E-state index in [9.17, 15) is 29.7 Å². The topological polar surface area (TPSA) is 112 Å². The second-order valence-corrected chi connectivity index (χ2v) is 3.84. The molecule has 0 saturated heterocycles. The highest BCUT2D eigenvalue weighted by Crippen LogP contribution is 2.42. The molecule has 0 atom stereocenters. The molecule has 0 saturated carbocycles. The molecule has 1 aromatic rings. The highest BCUT2D eigenvalue weighted by atomic mass is 16.3. The van der Waals surface area contributed by atoms with Crippen LogP contribution in [-0.2, 0) is 0 Å². The number of Topliss-reactive ketones (excluding diaryl/α,β-unsaturated/α-hetero) is 3. The predicted molar refractivity (Wildman–Crippen MR) is 61.4 cm³/mol. The molecule has 0 amide bonds. The number of phenols is 3. The summed E-state index contributed by atoms with van der Waals surface area (Å²) in [5.74, 6) is -4.65. The lowest BCUT2D eigenvalue weighted by molar-refractivity contribution is 0.100. The minimum absolute atomic E-state index is 0.553. The normalized spacial score (nSPS) is 10.2. The van der Waals surface area contributed by atoms with Gasteiger partial charge >= 0.3 is 0 Å². The lowest BCUT2D eigenvalue weighted by atomic mass is 9.94. The molecular weight excluding hydrogens is 240 g/mol. The largest absolute Gasteiger partial charge is 0.506 e. The van der Waals surface area contributed by atoms with Gasteiger partial charge in [-0.3, -0.25) is 14.4 Å². The van der Waals surface area contributed by atoms with Crippen molar-refractivity contribution >= 4 is 17.3 Å². The Balaban J connectivity index is 3.94. The van der Waals surface area contributed by atoms with Gasteiger partial charge in [-0.15, -0.1) is 0 Å². The summed E-state index contributed by atoms with van der Waals surface area (Å²) in [5, 5.41) is 29.2. The number of hydrogen-bond donors (Lipinski definition) is 3. The summed E-state index contributed by atoms with van der Waals surface area (Å²) < 4.78 is 0. The molecule has 0 heterocycles. The first-order valence-corrected chi connectivity index (χ1v) is 5.03. The highest BCUT2D eigenvalue weighted by molar-refractivity contribution is 6.13. The maximum Gasteiger partial charge on any atom is 0.167 e. The van der Waals surface area contributed by atoms with Crippen LogP contribution < -0.4 is 0 Å². The molecule has 18 heavy (non-hydrogen) atoms. The van der Waals surface area contributed by atoms with E-state index < -0.39 is 51.3 Å². The van der Waals surface area contributed by atoms with Gasteiger partial charge in [0, 0.05) is 0 Å². The van der Waals surface area contributed by atoms with E-state index >= 15 is 0 Å². The van der Waals surface area contributed by atoms with Gasteiger partial charge in [-0.1, -0.05) is 0 Å². The molecule has 1 aromatic carbocycles. The fraction of sp³-hybridized carbons (Fsp3) is 0.250. The van der Waals surface area contributed by atoms with Crippen LogP contribution in [0.4, 0.5) is 0 Å². The summed E-state index contributed by atoms with van der Waals surface area (Å²) in [4.78, 5) is 34.0. The predicted octanol–water partition coefficient (Wildman–Crippen LogP) is 1.41. The summed E-state index contributed by atoms with van der Waals surface area (Å²) in [6.45, 7) is 3.17. The first-order chi connectivity index (χ1) is 8.20. The van der Waals surface area contributed by atoms with Crippen LogP contribution in [0.2, 0.25) is 0 Å². The zero-order valence-electron chi connectivity index (χ0n) is 10.1. The minimum Gasteiger partial charge on any atom is -0.506 e. The Bertz CT molecular complexity index is 468. The van der Waals surface area contributed by atoms with Crippen LogP contribution in [0.5, 0.6) is 17.2 Å². The Hall–Kier alpha value is -2.37. The maximum absolute atomic E-state index is 11.3. The van der Waals surface area contributed by atoms with Crippen LogP contribution in [-0.4, -0.2) is 32.7 Å². The number of phenolic OH excluding ortho intramolecular Hbond substituents is 3. The summed E-state index contributed by atoms with van der Waals surface area (Å²) in [5.41, 5.74) is -1.66. The Kier molecular flexibility index (Phi) is 3.41. The Morgan fingerprint density at radius 3 is 0.889 bits per heavy atom. The molecule has 0 fully saturated rings. The molecule has 0 radical (unpaired) electrons. The molecular formula is C12H12O6. The molecule has 0 aliphatic carbocycles. The van der Waals surface area contributed by atoms with E-state index in [0.717, 1.165) is 20.8 Å². The van der Waals surface area contributed by atoms with E-state index in [-0.39, 0.29) is 0 Å². The number of carbonyl (C=O) groups excluding carboxylic acids is 3. The fourth-order valence-electron chi connectivity index (χ4n) is 1.71. The summed E-state index contributed by atoms with van der Waals surface area (Å²) in [7, 11) is 0. The van der Waals surface area contributed by atoms with Crippen LogP contribution in [0.3, 0.4) is 0 Å². The molecule has 96 valence electrons. The van der Waals surface area contributed by atoms with Crippen LogP contribution in [0.1, 0.15) is 51.8 Å². The fourth-order valence-corrected chi connectivity index (χ4v) is 1.71. The van der Waals surface area contributed by atoms with Gasteiger partial charge in [0.15, 0.2) is 17.3 Å². The van der Waals surface area contributed by atoms with Crippen molar-refractivity contribution < 1.29 is 29.7 Å². The number of carbonyl (C=O) groups is 3. The summed E-state index contributed by atoms with van der Waals surface area (Å²) in [6, 6.07) is 0. The van der Waals surface area contributed by atoms with E-state index in [1.807, 2.05) is 0 Å².